The quantitative estimate of drug-likeness (QED) is 0.808. The number of nitrogens with zero attached hydrogens (tertiary/aromatic N) is 1. The van der Waals surface area contributed by atoms with Crippen LogP contribution in [0.5, 0.6) is 0 Å². The normalized spacial score (nSPS) is 21.2. The molecule has 0 fully saturated rings. The third-order valence-corrected chi connectivity index (χ3v) is 3.39. The highest BCUT2D eigenvalue weighted by molar-refractivity contribution is 5.91. The van der Waals surface area contributed by atoms with Crippen molar-refractivity contribution in [3.05, 3.63) is 12.2 Å². The van der Waals surface area contributed by atoms with Gasteiger partial charge >= 0.3 is 0 Å². The Morgan fingerprint density at radius 3 is 2.29 bits per heavy atom. The van der Waals surface area contributed by atoms with Crippen molar-refractivity contribution < 1.29 is 14.7 Å². The Morgan fingerprint density at radius 2 is 1.94 bits per heavy atom. The van der Waals surface area contributed by atoms with Crippen LogP contribution >= 0.6 is 0 Å². The minimum atomic E-state index is -0.889. The molecule has 1 amide bonds. The molecule has 1 N–H and O–H groups in total. The maximum absolute atomic E-state index is 11.7. The SMILES string of the molecule is CC(=O)C(C)(C)CC(C)(C)N1C(=O)C=CC1O. The summed E-state index contributed by atoms with van der Waals surface area (Å²) in [6, 6.07) is 0. The smallest absolute Gasteiger partial charge is 0.249 e. The van der Waals surface area contributed by atoms with Gasteiger partial charge in [-0.05, 0) is 33.3 Å². The number of hydrogen-bond acceptors (Lipinski definition) is 3. The van der Waals surface area contributed by atoms with Gasteiger partial charge in [0.2, 0.25) is 5.91 Å². The van der Waals surface area contributed by atoms with Crippen molar-refractivity contribution in [1.82, 2.24) is 4.90 Å². The average Bonchev–Trinajstić information content (AvgIpc) is 2.44. The van der Waals surface area contributed by atoms with E-state index in [0.29, 0.717) is 6.42 Å². The predicted octanol–water partition coefficient (Wildman–Crippen LogP) is 1.49. The molecular formula is C13H21NO3. The molecule has 96 valence electrons. The monoisotopic (exact) mass is 239 g/mol. The van der Waals surface area contributed by atoms with Gasteiger partial charge in [0.1, 0.15) is 12.0 Å². The maximum Gasteiger partial charge on any atom is 0.249 e. The first-order valence-corrected chi connectivity index (χ1v) is 5.78. The second-order valence-electron chi connectivity index (χ2n) is 5.91. The molecule has 0 bridgehead atoms. The van der Waals surface area contributed by atoms with Crippen LogP contribution in [0.4, 0.5) is 0 Å². The zero-order valence-corrected chi connectivity index (χ0v) is 11.2. The third kappa shape index (κ3) is 2.75. The van der Waals surface area contributed by atoms with Gasteiger partial charge in [0.15, 0.2) is 0 Å². The second kappa shape index (κ2) is 4.26. The van der Waals surface area contributed by atoms with Crippen LogP contribution in [0.25, 0.3) is 0 Å². The summed E-state index contributed by atoms with van der Waals surface area (Å²) in [6.07, 6.45) is 2.46. The number of aliphatic hydroxyl groups excluding tert-OH is 1. The fourth-order valence-corrected chi connectivity index (χ4v) is 2.41. The minimum Gasteiger partial charge on any atom is -0.370 e. The van der Waals surface area contributed by atoms with Gasteiger partial charge in [-0.2, -0.15) is 0 Å². The van der Waals surface area contributed by atoms with E-state index in [4.69, 9.17) is 0 Å². The molecule has 0 aliphatic carbocycles. The minimum absolute atomic E-state index is 0.0830. The number of hydrogen-bond donors (Lipinski definition) is 1. The lowest BCUT2D eigenvalue weighted by Gasteiger charge is -2.42. The lowest BCUT2D eigenvalue weighted by molar-refractivity contribution is -0.143. The summed E-state index contributed by atoms with van der Waals surface area (Å²) < 4.78 is 0. The molecule has 0 saturated heterocycles. The second-order valence-corrected chi connectivity index (χ2v) is 5.91. The van der Waals surface area contributed by atoms with E-state index in [1.54, 1.807) is 6.92 Å². The van der Waals surface area contributed by atoms with Gasteiger partial charge in [-0.1, -0.05) is 13.8 Å². The van der Waals surface area contributed by atoms with Crippen LogP contribution in [-0.2, 0) is 9.59 Å². The molecule has 0 spiro atoms. The number of rotatable bonds is 4. The predicted molar refractivity (Wildman–Crippen MR) is 65.2 cm³/mol. The maximum atomic E-state index is 11.7. The molecule has 1 atom stereocenters. The van der Waals surface area contributed by atoms with Crippen molar-refractivity contribution >= 4 is 11.7 Å². The molecule has 1 aliphatic rings. The van der Waals surface area contributed by atoms with Gasteiger partial charge in [-0.3, -0.25) is 9.59 Å². The van der Waals surface area contributed by atoms with Crippen LogP contribution in [-0.4, -0.2) is 33.5 Å². The fraction of sp³-hybridized carbons (Fsp3) is 0.692. The number of carbonyl (C=O) groups excluding carboxylic acids is 2. The average molecular weight is 239 g/mol. The summed E-state index contributed by atoms with van der Waals surface area (Å²) in [4.78, 5) is 24.6. The van der Waals surface area contributed by atoms with Gasteiger partial charge in [0.25, 0.3) is 0 Å². The standard InChI is InChI=1S/C13H21NO3/c1-9(15)12(2,3)8-13(4,5)14-10(16)6-7-11(14)17/h6-7,10,16H,8H2,1-5H3. The molecule has 1 rings (SSSR count). The van der Waals surface area contributed by atoms with E-state index in [-0.39, 0.29) is 11.7 Å². The van der Waals surface area contributed by atoms with Gasteiger partial charge < -0.3 is 10.0 Å². The van der Waals surface area contributed by atoms with Crippen LogP contribution < -0.4 is 0 Å². The van der Waals surface area contributed by atoms with E-state index in [9.17, 15) is 14.7 Å². The van der Waals surface area contributed by atoms with E-state index in [1.807, 2.05) is 27.7 Å². The molecule has 0 aromatic carbocycles. The number of amides is 1. The Balaban J connectivity index is 2.89. The summed E-state index contributed by atoms with van der Waals surface area (Å²) in [5.74, 6) is -0.124. The molecule has 0 aromatic rings. The molecule has 0 radical (unpaired) electrons. The Kier molecular flexibility index (Phi) is 3.48. The van der Waals surface area contributed by atoms with Crippen molar-refractivity contribution in [2.24, 2.45) is 5.41 Å². The first-order chi connectivity index (χ1) is 7.58. The van der Waals surface area contributed by atoms with Crippen molar-refractivity contribution in [2.45, 2.75) is 52.8 Å². The summed E-state index contributed by atoms with van der Waals surface area (Å²) >= 11 is 0. The molecule has 17 heavy (non-hydrogen) atoms. The van der Waals surface area contributed by atoms with Crippen LogP contribution in [0.1, 0.15) is 41.0 Å². The molecule has 0 aromatic heterocycles. The number of Topliss-reactive ketones (excluding diaryl/α,β-unsaturated/α-hetero) is 1. The van der Waals surface area contributed by atoms with Crippen molar-refractivity contribution in [3.8, 4) is 0 Å². The zero-order chi connectivity index (χ0) is 13.4. The van der Waals surface area contributed by atoms with E-state index < -0.39 is 17.2 Å². The van der Waals surface area contributed by atoms with Crippen LogP contribution in [0.2, 0.25) is 0 Å². The van der Waals surface area contributed by atoms with E-state index in [0.717, 1.165) is 0 Å². The van der Waals surface area contributed by atoms with Gasteiger partial charge in [-0.15, -0.1) is 0 Å². The Bertz CT molecular complexity index is 369. The lowest BCUT2D eigenvalue weighted by Crippen LogP contribution is -2.52. The molecule has 1 aliphatic heterocycles. The van der Waals surface area contributed by atoms with Gasteiger partial charge in [0.05, 0.1) is 0 Å². The Labute approximate surface area is 102 Å². The number of ketones is 1. The highest BCUT2D eigenvalue weighted by Crippen LogP contribution is 2.34. The van der Waals surface area contributed by atoms with Crippen LogP contribution in [0.3, 0.4) is 0 Å². The van der Waals surface area contributed by atoms with Gasteiger partial charge in [-0.25, -0.2) is 0 Å². The summed E-state index contributed by atoms with van der Waals surface area (Å²) in [5, 5.41) is 9.76. The van der Waals surface area contributed by atoms with E-state index in [1.165, 1.54) is 17.1 Å². The number of aliphatic hydroxyl groups is 1. The Hall–Kier alpha value is -1.16. The molecule has 4 nitrogen and oxygen atoms in total. The van der Waals surface area contributed by atoms with Crippen LogP contribution in [0.15, 0.2) is 12.2 Å². The molecule has 0 saturated carbocycles. The fourth-order valence-electron chi connectivity index (χ4n) is 2.41. The van der Waals surface area contributed by atoms with Gasteiger partial charge in [0, 0.05) is 17.0 Å². The summed E-state index contributed by atoms with van der Waals surface area (Å²) in [5.41, 5.74) is -1.07. The highest BCUT2D eigenvalue weighted by atomic mass is 16.3. The largest absolute Gasteiger partial charge is 0.370 e. The Morgan fingerprint density at radius 1 is 1.41 bits per heavy atom. The summed E-state index contributed by atoms with van der Waals surface area (Å²) in [6.45, 7) is 9.00. The van der Waals surface area contributed by atoms with Crippen LogP contribution in [0, 0.1) is 5.41 Å². The highest BCUT2D eigenvalue weighted by Gasteiger charge is 2.41. The molecular weight excluding hydrogens is 218 g/mol. The first-order valence-electron chi connectivity index (χ1n) is 5.78. The third-order valence-electron chi connectivity index (χ3n) is 3.39. The zero-order valence-electron chi connectivity index (χ0n) is 11.2. The van der Waals surface area contributed by atoms with E-state index >= 15 is 0 Å². The summed E-state index contributed by atoms with van der Waals surface area (Å²) in [7, 11) is 0. The topological polar surface area (TPSA) is 57.6 Å². The van der Waals surface area contributed by atoms with Crippen molar-refractivity contribution in [3.63, 3.8) is 0 Å². The van der Waals surface area contributed by atoms with Crippen molar-refractivity contribution in [2.75, 3.05) is 0 Å². The first kappa shape index (κ1) is 13.9. The van der Waals surface area contributed by atoms with E-state index in [2.05, 4.69) is 0 Å². The lowest BCUT2D eigenvalue weighted by atomic mass is 9.76. The molecule has 4 heteroatoms. The van der Waals surface area contributed by atoms with Crippen molar-refractivity contribution in [1.29, 1.82) is 0 Å². The molecule has 1 heterocycles. The molecule has 1 unspecified atom stereocenters. The number of carbonyl (C=O) groups is 2.